The SMILES string of the molecule is CC1N=C(C(=O)Nc2cc(C3CC4CCC3C4)[nH]n2)NN(c2ccccc2)C1=O. The highest BCUT2D eigenvalue weighted by molar-refractivity contribution is 6.43. The highest BCUT2D eigenvalue weighted by Crippen LogP contribution is 2.52. The zero-order valence-corrected chi connectivity index (χ0v) is 16.3. The Bertz CT molecular complexity index is 969. The van der Waals surface area contributed by atoms with Gasteiger partial charge in [0.25, 0.3) is 11.8 Å². The largest absolute Gasteiger partial charge is 0.302 e. The second kappa shape index (κ2) is 7.02. The molecule has 2 saturated carbocycles. The summed E-state index contributed by atoms with van der Waals surface area (Å²) in [6.45, 7) is 1.67. The van der Waals surface area contributed by atoms with Gasteiger partial charge in [0.15, 0.2) is 5.82 Å². The average molecular weight is 392 g/mol. The number of aromatic nitrogens is 2. The van der Waals surface area contributed by atoms with Gasteiger partial charge in [0.1, 0.15) is 6.04 Å². The Kier molecular flexibility index (Phi) is 4.34. The van der Waals surface area contributed by atoms with E-state index in [1.54, 1.807) is 19.1 Å². The summed E-state index contributed by atoms with van der Waals surface area (Å²) in [5.74, 6) is 2.03. The topological polar surface area (TPSA) is 102 Å². The van der Waals surface area contributed by atoms with Crippen LogP contribution < -0.4 is 15.8 Å². The van der Waals surface area contributed by atoms with Crippen LogP contribution in [0.2, 0.25) is 0 Å². The number of carbonyl (C=O) groups excluding carboxylic acids is 2. The Hall–Kier alpha value is -3.16. The molecule has 8 heteroatoms. The van der Waals surface area contributed by atoms with Crippen molar-refractivity contribution in [2.75, 3.05) is 10.3 Å². The van der Waals surface area contributed by atoms with Crippen molar-refractivity contribution in [2.45, 2.75) is 44.6 Å². The summed E-state index contributed by atoms with van der Waals surface area (Å²) in [4.78, 5) is 29.4. The Morgan fingerprint density at radius 1 is 1.21 bits per heavy atom. The Morgan fingerprint density at radius 2 is 2.03 bits per heavy atom. The fraction of sp³-hybridized carbons (Fsp3) is 0.429. The summed E-state index contributed by atoms with van der Waals surface area (Å²) in [7, 11) is 0. The standard InChI is InChI=1S/C21H24N6O2/c1-12-21(29)27(15-5-3-2-4-6-15)26-19(22-12)20(28)23-18-11-17(24-25-18)16-10-13-7-8-14(16)9-13/h2-6,11-14,16H,7-10H2,1H3,(H,22,26)(H2,23,24,25,28). The highest BCUT2D eigenvalue weighted by atomic mass is 16.2. The summed E-state index contributed by atoms with van der Waals surface area (Å²) >= 11 is 0. The summed E-state index contributed by atoms with van der Waals surface area (Å²) in [6.07, 6.45) is 5.16. The van der Waals surface area contributed by atoms with E-state index < -0.39 is 11.9 Å². The van der Waals surface area contributed by atoms with Gasteiger partial charge in [-0.3, -0.25) is 20.1 Å². The fourth-order valence-corrected chi connectivity index (χ4v) is 4.90. The Balaban J connectivity index is 1.29. The number of H-pyrrole nitrogens is 1. The summed E-state index contributed by atoms with van der Waals surface area (Å²) in [5.41, 5.74) is 4.59. The first-order valence-corrected chi connectivity index (χ1v) is 10.2. The number of aliphatic imine (C=N–C) groups is 1. The summed E-state index contributed by atoms with van der Waals surface area (Å²) < 4.78 is 0. The van der Waals surface area contributed by atoms with Gasteiger partial charge in [-0.15, -0.1) is 0 Å². The number of fused-ring (bicyclic) bond motifs is 2. The molecule has 2 bridgehead atoms. The lowest BCUT2D eigenvalue weighted by Gasteiger charge is -2.30. The van der Waals surface area contributed by atoms with Crippen LogP contribution in [-0.4, -0.2) is 33.9 Å². The van der Waals surface area contributed by atoms with Crippen molar-refractivity contribution in [3.63, 3.8) is 0 Å². The number of nitrogens with one attached hydrogen (secondary N) is 3. The lowest BCUT2D eigenvalue weighted by molar-refractivity contribution is -0.120. The maximum atomic E-state index is 12.8. The molecular formula is C21H24N6O2. The predicted octanol–water partition coefficient (Wildman–Crippen LogP) is 2.59. The number of aromatic amines is 1. The maximum absolute atomic E-state index is 12.8. The molecule has 1 aliphatic heterocycles. The zero-order chi connectivity index (χ0) is 20.0. The van der Waals surface area contributed by atoms with Crippen molar-refractivity contribution in [3.05, 3.63) is 42.1 Å². The lowest BCUT2D eigenvalue weighted by Crippen LogP contribution is -2.57. The number of nitrogens with zero attached hydrogens (tertiary/aromatic N) is 3. The van der Waals surface area contributed by atoms with Crippen LogP contribution in [0, 0.1) is 11.8 Å². The quantitative estimate of drug-likeness (QED) is 0.744. The molecule has 4 atom stereocenters. The number of hydrogen-bond donors (Lipinski definition) is 3. The number of hydrogen-bond acceptors (Lipinski definition) is 5. The van der Waals surface area contributed by atoms with Crippen molar-refractivity contribution in [3.8, 4) is 0 Å². The molecule has 1 aromatic carbocycles. The molecule has 29 heavy (non-hydrogen) atoms. The van der Waals surface area contributed by atoms with E-state index in [1.165, 1.54) is 30.7 Å². The van der Waals surface area contributed by atoms with Crippen LogP contribution in [0.1, 0.15) is 44.2 Å². The number of para-hydroxylation sites is 1. The monoisotopic (exact) mass is 392 g/mol. The van der Waals surface area contributed by atoms with E-state index in [-0.39, 0.29) is 11.7 Å². The van der Waals surface area contributed by atoms with Gasteiger partial charge >= 0.3 is 0 Å². The molecular weight excluding hydrogens is 368 g/mol. The van der Waals surface area contributed by atoms with E-state index in [1.807, 2.05) is 24.3 Å². The highest BCUT2D eigenvalue weighted by Gasteiger charge is 2.41. The predicted molar refractivity (Wildman–Crippen MR) is 109 cm³/mol. The second-order valence-electron chi connectivity index (χ2n) is 8.22. The van der Waals surface area contributed by atoms with Crippen LogP contribution in [0.3, 0.4) is 0 Å². The average Bonchev–Trinajstić information content (AvgIpc) is 3.47. The van der Waals surface area contributed by atoms with E-state index in [0.29, 0.717) is 17.4 Å². The van der Waals surface area contributed by atoms with Gasteiger partial charge in [-0.2, -0.15) is 5.10 Å². The third kappa shape index (κ3) is 3.28. The molecule has 5 rings (SSSR count). The Morgan fingerprint density at radius 3 is 2.76 bits per heavy atom. The number of hydrazine groups is 1. The normalized spacial score (nSPS) is 28.2. The first kappa shape index (κ1) is 17.9. The van der Waals surface area contributed by atoms with Crippen LogP contribution in [0.25, 0.3) is 0 Å². The van der Waals surface area contributed by atoms with Gasteiger partial charge in [0.2, 0.25) is 5.84 Å². The number of rotatable bonds is 4. The van der Waals surface area contributed by atoms with E-state index >= 15 is 0 Å². The fourth-order valence-electron chi connectivity index (χ4n) is 4.90. The van der Waals surface area contributed by atoms with Crippen molar-refractivity contribution in [1.82, 2.24) is 15.6 Å². The maximum Gasteiger partial charge on any atom is 0.293 e. The zero-order valence-electron chi connectivity index (χ0n) is 16.3. The van der Waals surface area contributed by atoms with E-state index in [0.717, 1.165) is 17.5 Å². The van der Waals surface area contributed by atoms with Gasteiger partial charge in [-0.05, 0) is 50.2 Å². The molecule has 2 aromatic rings. The van der Waals surface area contributed by atoms with Crippen LogP contribution in [0.4, 0.5) is 11.5 Å². The van der Waals surface area contributed by atoms with E-state index in [4.69, 9.17) is 0 Å². The molecule has 2 fully saturated rings. The third-order valence-corrected chi connectivity index (χ3v) is 6.32. The molecule has 2 aliphatic carbocycles. The molecule has 0 spiro atoms. The van der Waals surface area contributed by atoms with Gasteiger partial charge < -0.3 is 5.32 Å². The van der Waals surface area contributed by atoms with Crippen LogP contribution in [0.5, 0.6) is 0 Å². The van der Waals surface area contributed by atoms with Crippen molar-refractivity contribution in [2.24, 2.45) is 16.8 Å². The molecule has 0 saturated heterocycles. The first-order valence-electron chi connectivity index (χ1n) is 10.2. The number of amides is 2. The molecule has 3 N–H and O–H groups in total. The molecule has 2 heterocycles. The van der Waals surface area contributed by atoms with Crippen molar-refractivity contribution >= 4 is 29.2 Å². The summed E-state index contributed by atoms with van der Waals surface area (Å²) in [6, 6.07) is 10.4. The van der Waals surface area contributed by atoms with Gasteiger partial charge in [-0.25, -0.2) is 10.0 Å². The minimum Gasteiger partial charge on any atom is -0.302 e. The van der Waals surface area contributed by atoms with Gasteiger partial charge in [-0.1, -0.05) is 24.6 Å². The van der Waals surface area contributed by atoms with E-state index in [9.17, 15) is 9.59 Å². The molecule has 150 valence electrons. The first-order chi connectivity index (χ1) is 14.1. The smallest absolute Gasteiger partial charge is 0.293 e. The molecule has 2 amide bonds. The van der Waals surface area contributed by atoms with Crippen LogP contribution >= 0.6 is 0 Å². The van der Waals surface area contributed by atoms with Crippen molar-refractivity contribution < 1.29 is 9.59 Å². The minimum atomic E-state index is -0.652. The van der Waals surface area contributed by atoms with Crippen LogP contribution in [0.15, 0.2) is 41.4 Å². The third-order valence-electron chi connectivity index (χ3n) is 6.32. The number of amidine groups is 1. The number of carbonyl (C=O) groups is 2. The molecule has 1 aromatic heterocycles. The van der Waals surface area contributed by atoms with E-state index in [2.05, 4.69) is 25.9 Å². The van der Waals surface area contributed by atoms with Crippen LogP contribution in [-0.2, 0) is 9.59 Å². The Labute approximate surface area is 168 Å². The molecule has 3 aliphatic rings. The lowest BCUT2D eigenvalue weighted by atomic mass is 9.86. The molecule has 0 radical (unpaired) electrons. The summed E-state index contributed by atoms with van der Waals surface area (Å²) in [5, 5.41) is 11.5. The van der Waals surface area contributed by atoms with Gasteiger partial charge in [0.05, 0.1) is 5.69 Å². The second-order valence-corrected chi connectivity index (χ2v) is 8.22. The molecule has 4 unspecified atom stereocenters. The number of benzene rings is 1. The van der Waals surface area contributed by atoms with Gasteiger partial charge in [0, 0.05) is 17.7 Å². The molecule has 8 nitrogen and oxygen atoms in total. The van der Waals surface area contributed by atoms with Crippen molar-refractivity contribution in [1.29, 1.82) is 0 Å². The number of anilines is 2. The minimum absolute atomic E-state index is 0.0884.